The summed E-state index contributed by atoms with van der Waals surface area (Å²) in [4.78, 5) is 38.2. The van der Waals surface area contributed by atoms with E-state index in [1.807, 2.05) is 31.9 Å². The summed E-state index contributed by atoms with van der Waals surface area (Å²) in [6.07, 6.45) is 2.02. The van der Waals surface area contributed by atoms with Crippen LogP contribution in [0.25, 0.3) is 0 Å². The normalized spacial score (nSPS) is 19.7. The summed E-state index contributed by atoms with van der Waals surface area (Å²) >= 11 is 0. The smallest absolute Gasteiger partial charge is 0.227 e. The molecule has 1 aromatic heterocycles. The summed E-state index contributed by atoms with van der Waals surface area (Å²) in [6, 6.07) is 7.91. The van der Waals surface area contributed by atoms with Crippen molar-refractivity contribution in [3.05, 3.63) is 47.7 Å². The Balaban J connectivity index is 1.51. The van der Waals surface area contributed by atoms with Crippen molar-refractivity contribution in [2.45, 2.75) is 44.9 Å². The molecular formula is C24H30FN5O2. The fourth-order valence-electron chi connectivity index (χ4n) is 4.50. The van der Waals surface area contributed by atoms with E-state index in [4.69, 9.17) is 9.97 Å². The van der Waals surface area contributed by atoms with Crippen molar-refractivity contribution >= 4 is 23.3 Å². The highest BCUT2D eigenvalue weighted by Crippen LogP contribution is 2.34. The van der Waals surface area contributed by atoms with Crippen LogP contribution < -0.4 is 10.2 Å². The second kappa shape index (κ2) is 9.22. The number of anilines is 2. The number of hydrogen-bond donors (Lipinski definition) is 1. The Morgan fingerprint density at radius 2 is 1.81 bits per heavy atom. The number of halogens is 1. The number of carbonyl (C=O) groups is 2. The van der Waals surface area contributed by atoms with Crippen LogP contribution in [0.5, 0.6) is 0 Å². The molecule has 0 unspecified atom stereocenters. The Bertz CT molecular complexity index is 986. The first-order chi connectivity index (χ1) is 15.4. The van der Waals surface area contributed by atoms with E-state index < -0.39 is 0 Å². The predicted molar refractivity (Wildman–Crippen MR) is 121 cm³/mol. The first-order valence-corrected chi connectivity index (χ1v) is 11.3. The highest BCUT2D eigenvalue weighted by Gasteiger charge is 2.34. The fraction of sp³-hybridized carbons (Fsp3) is 0.500. The minimum Gasteiger partial charge on any atom is -0.373 e. The summed E-state index contributed by atoms with van der Waals surface area (Å²) < 4.78 is 13.3. The van der Waals surface area contributed by atoms with E-state index in [2.05, 4.69) is 5.32 Å². The zero-order chi connectivity index (χ0) is 22.8. The Hall–Kier alpha value is -3.03. The summed E-state index contributed by atoms with van der Waals surface area (Å²) in [5.74, 6) is 1.53. The summed E-state index contributed by atoms with van der Waals surface area (Å²) in [6.45, 7) is 5.79. The zero-order valence-corrected chi connectivity index (χ0v) is 18.8. The SMILES string of the molecule is CNc1cc([C@@H]2CC(=O)N(c3ccc(F)cc3)C2)nc(C2CCN(C(=O)C(C)C)CC2)n1. The molecule has 1 N–H and O–H groups in total. The van der Waals surface area contributed by atoms with Crippen LogP contribution in [0, 0.1) is 11.7 Å². The van der Waals surface area contributed by atoms with E-state index in [1.165, 1.54) is 12.1 Å². The van der Waals surface area contributed by atoms with Gasteiger partial charge in [0.05, 0.1) is 5.69 Å². The second-order valence-corrected chi connectivity index (χ2v) is 8.92. The molecule has 1 atom stereocenters. The van der Waals surface area contributed by atoms with Crippen LogP contribution in [0.3, 0.4) is 0 Å². The van der Waals surface area contributed by atoms with Crippen LogP contribution in [0.1, 0.15) is 56.5 Å². The Kier molecular flexibility index (Phi) is 6.39. The second-order valence-electron chi connectivity index (χ2n) is 8.92. The standard InChI is InChI=1S/C24H30FN5O2/c1-15(2)24(32)29-10-8-16(9-11-29)23-27-20(13-21(26-3)28-23)17-12-22(31)30(14-17)19-6-4-18(25)5-7-19/h4-7,13,15-17H,8-12,14H2,1-3H3,(H,26,27,28)/t17-/m1/s1. The van der Waals surface area contributed by atoms with Crippen molar-refractivity contribution in [3.63, 3.8) is 0 Å². The van der Waals surface area contributed by atoms with Crippen LogP contribution in [0.4, 0.5) is 15.9 Å². The van der Waals surface area contributed by atoms with Gasteiger partial charge in [0, 0.05) is 62.6 Å². The van der Waals surface area contributed by atoms with Gasteiger partial charge < -0.3 is 15.1 Å². The quantitative estimate of drug-likeness (QED) is 0.771. The van der Waals surface area contributed by atoms with Gasteiger partial charge >= 0.3 is 0 Å². The molecule has 2 aliphatic rings. The van der Waals surface area contributed by atoms with Gasteiger partial charge in [-0.05, 0) is 37.1 Å². The molecule has 2 amide bonds. The van der Waals surface area contributed by atoms with Crippen molar-refractivity contribution in [1.82, 2.24) is 14.9 Å². The third-order valence-electron chi connectivity index (χ3n) is 6.37. The Labute approximate surface area is 188 Å². The van der Waals surface area contributed by atoms with Crippen LogP contribution >= 0.6 is 0 Å². The number of nitrogens with zero attached hydrogens (tertiary/aromatic N) is 4. The molecule has 32 heavy (non-hydrogen) atoms. The van der Waals surface area contributed by atoms with Crippen LogP contribution in [-0.2, 0) is 9.59 Å². The number of carbonyl (C=O) groups excluding carboxylic acids is 2. The van der Waals surface area contributed by atoms with Gasteiger partial charge in [-0.1, -0.05) is 13.8 Å². The molecule has 2 saturated heterocycles. The number of rotatable bonds is 5. The number of piperidine rings is 1. The summed E-state index contributed by atoms with van der Waals surface area (Å²) in [5.41, 5.74) is 1.54. The first kappa shape index (κ1) is 22.2. The number of aromatic nitrogens is 2. The fourth-order valence-corrected chi connectivity index (χ4v) is 4.50. The molecule has 7 nitrogen and oxygen atoms in total. The minimum absolute atomic E-state index is 0.00554. The minimum atomic E-state index is -0.322. The summed E-state index contributed by atoms with van der Waals surface area (Å²) in [5, 5.41) is 3.12. The highest BCUT2D eigenvalue weighted by atomic mass is 19.1. The van der Waals surface area contributed by atoms with Gasteiger partial charge in [-0.3, -0.25) is 9.59 Å². The molecule has 2 aliphatic heterocycles. The molecule has 8 heteroatoms. The molecule has 0 radical (unpaired) electrons. The third-order valence-corrected chi connectivity index (χ3v) is 6.37. The molecule has 1 aromatic carbocycles. The lowest BCUT2D eigenvalue weighted by atomic mass is 9.94. The molecule has 0 saturated carbocycles. The predicted octanol–water partition coefficient (Wildman–Crippen LogP) is 3.54. The number of hydrogen-bond acceptors (Lipinski definition) is 5. The highest BCUT2D eigenvalue weighted by molar-refractivity contribution is 5.96. The van der Waals surface area contributed by atoms with Gasteiger partial charge in [0.1, 0.15) is 17.5 Å². The van der Waals surface area contributed by atoms with Gasteiger partial charge in [0.25, 0.3) is 0 Å². The molecule has 2 aromatic rings. The van der Waals surface area contributed by atoms with E-state index in [0.29, 0.717) is 31.7 Å². The number of benzene rings is 1. The molecule has 2 fully saturated rings. The molecule has 3 heterocycles. The lowest BCUT2D eigenvalue weighted by Gasteiger charge is -2.32. The van der Waals surface area contributed by atoms with E-state index in [-0.39, 0.29) is 35.4 Å². The maximum absolute atomic E-state index is 13.3. The molecule has 0 aliphatic carbocycles. The van der Waals surface area contributed by atoms with Gasteiger partial charge in [0.2, 0.25) is 11.8 Å². The van der Waals surface area contributed by atoms with Gasteiger partial charge in [0.15, 0.2) is 0 Å². The van der Waals surface area contributed by atoms with E-state index in [9.17, 15) is 14.0 Å². The van der Waals surface area contributed by atoms with Crippen LogP contribution in [0.2, 0.25) is 0 Å². The van der Waals surface area contributed by atoms with Gasteiger partial charge in [-0.25, -0.2) is 14.4 Å². The molecule has 170 valence electrons. The number of nitrogens with one attached hydrogen (secondary N) is 1. The van der Waals surface area contributed by atoms with Gasteiger partial charge in [-0.2, -0.15) is 0 Å². The third kappa shape index (κ3) is 4.59. The monoisotopic (exact) mass is 439 g/mol. The van der Waals surface area contributed by atoms with Gasteiger partial charge in [-0.15, -0.1) is 0 Å². The molecular weight excluding hydrogens is 409 g/mol. The largest absolute Gasteiger partial charge is 0.373 e. The topological polar surface area (TPSA) is 78.4 Å². The first-order valence-electron chi connectivity index (χ1n) is 11.3. The van der Waals surface area contributed by atoms with Crippen molar-refractivity contribution in [2.75, 3.05) is 36.9 Å². The lowest BCUT2D eigenvalue weighted by molar-refractivity contribution is -0.135. The molecule has 4 rings (SSSR count). The average Bonchev–Trinajstić information content (AvgIpc) is 3.20. The number of amides is 2. The Morgan fingerprint density at radius 1 is 1.12 bits per heavy atom. The maximum Gasteiger partial charge on any atom is 0.227 e. The van der Waals surface area contributed by atoms with Crippen LogP contribution in [0.15, 0.2) is 30.3 Å². The Morgan fingerprint density at radius 3 is 2.44 bits per heavy atom. The summed E-state index contributed by atoms with van der Waals surface area (Å²) in [7, 11) is 1.82. The molecule has 0 bridgehead atoms. The van der Waals surface area contributed by atoms with Crippen molar-refractivity contribution in [1.29, 1.82) is 0 Å². The van der Waals surface area contributed by atoms with Crippen molar-refractivity contribution in [2.24, 2.45) is 5.92 Å². The molecule has 0 spiro atoms. The van der Waals surface area contributed by atoms with E-state index in [0.717, 1.165) is 30.2 Å². The lowest BCUT2D eigenvalue weighted by Crippen LogP contribution is -2.40. The van der Waals surface area contributed by atoms with Crippen molar-refractivity contribution < 1.29 is 14.0 Å². The van der Waals surface area contributed by atoms with Crippen LogP contribution in [-0.4, -0.2) is 53.4 Å². The zero-order valence-electron chi connectivity index (χ0n) is 18.8. The van der Waals surface area contributed by atoms with E-state index >= 15 is 0 Å². The maximum atomic E-state index is 13.3. The van der Waals surface area contributed by atoms with E-state index in [1.54, 1.807) is 17.0 Å². The number of likely N-dealkylation sites (tertiary alicyclic amines) is 1. The van der Waals surface area contributed by atoms with Crippen molar-refractivity contribution in [3.8, 4) is 0 Å². The average molecular weight is 440 g/mol.